The van der Waals surface area contributed by atoms with Crippen molar-refractivity contribution in [3.8, 4) is 0 Å². The normalized spacial score (nSPS) is 9.35. The van der Waals surface area contributed by atoms with Crippen molar-refractivity contribution >= 4 is 10.8 Å². The number of benzene rings is 1. The summed E-state index contributed by atoms with van der Waals surface area (Å²) in [6.07, 6.45) is 7.17. The van der Waals surface area contributed by atoms with Gasteiger partial charge in [-0.3, -0.25) is 0 Å². The molecule has 2 rings (SSSR count). The van der Waals surface area contributed by atoms with E-state index in [1.54, 1.807) is 0 Å². The number of rotatable bonds is 12. The minimum absolute atomic E-state index is 0. The van der Waals surface area contributed by atoms with Gasteiger partial charge in [-0.25, -0.2) is 0 Å². The first-order valence-electron chi connectivity index (χ1n) is 12.2. The molecule has 2 aromatic carbocycles. The van der Waals surface area contributed by atoms with E-state index in [9.17, 15) is 0 Å². The Hall–Kier alpha value is -0.407. The Morgan fingerprint density at radius 2 is 0.903 bits per heavy atom. The van der Waals surface area contributed by atoms with Gasteiger partial charge in [-0.2, -0.15) is 17.5 Å². The molecule has 0 aliphatic rings. The van der Waals surface area contributed by atoms with E-state index in [1.165, 1.54) is 49.3 Å². The van der Waals surface area contributed by atoms with Gasteiger partial charge in [-0.1, -0.05) is 86.1 Å². The zero-order chi connectivity index (χ0) is 22.7. The van der Waals surface area contributed by atoms with Crippen LogP contribution in [0.25, 0.3) is 26.7 Å². The van der Waals surface area contributed by atoms with E-state index in [0.717, 1.165) is 39.3 Å². The molecule has 0 spiro atoms. The first-order valence-corrected chi connectivity index (χ1v) is 12.2. The summed E-state index contributed by atoms with van der Waals surface area (Å²) in [6.45, 7) is 19.2. The summed E-state index contributed by atoms with van der Waals surface area (Å²) >= 11 is 0. The van der Waals surface area contributed by atoms with Crippen molar-refractivity contribution in [3.63, 3.8) is 0 Å². The molecule has 0 unspecified atom stereocenters. The third-order valence-electron chi connectivity index (χ3n) is 3.84. The fourth-order valence-electron chi connectivity index (χ4n) is 2.35. The van der Waals surface area contributed by atoms with Gasteiger partial charge in [0.25, 0.3) is 0 Å². The summed E-state index contributed by atoms with van der Waals surface area (Å²) < 4.78 is 0. The second kappa shape index (κ2) is 31.8. The Kier molecular flexibility index (Phi) is 36.1. The molecule has 0 saturated heterocycles. The maximum Gasteiger partial charge on any atom is 4.00 e. The fraction of sp³-hybridized carbons (Fsp3) is 0.667. The molecule has 0 bridgehead atoms. The van der Waals surface area contributed by atoms with E-state index < -0.39 is 0 Å². The molecule has 3 nitrogen and oxygen atoms in total. The predicted molar refractivity (Wildman–Crippen MR) is 141 cm³/mol. The van der Waals surface area contributed by atoms with Crippen molar-refractivity contribution in [2.45, 2.75) is 80.1 Å². The van der Waals surface area contributed by atoms with E-state index in [2.05, 4.69) is 100.0 Å². The van der Waals surface area contributed by atoms with E-state index in [1.807, 2.05) is 0 Å². The maximum absolute atomic E-state index is 4.21. The summed E-state index contributed by atoms with van der Waals surface area (Å²) in [6, 6.07) is 14.7. The standard InChI is InChI=1S/C9H7.3C6H14N.Zr/c1-2-5-9-7-3-6-8(9)4-1;3*1-3-5-7-6-4-2;/h1-7H;3*3-6H2,1-2H3;/q4*-1;+4. The van der Waals surface area contributed by atoms with Crippen molar-refractivity contribution in [2.75, 3.05) is 39.3 Å². The topological polar surface area (TPSA) is 42.3 Å². The van der Waals surface area contributed by atoms with Gasteiger partial charge in [0.1, 0.15) is 0 Å². The molecular formula is C27H49N3Zr. The Balaban J connectivity index is -0.000000337. The molecule has 176 valence electrons. The molecule has 0 aliphatic carbocycles. The Morgan fingerprint density at radius 1 is 0.548 bits per heavy atom. The van der Waals surface area contributed by atoms with E-state index >= 15 is 0 Å². The van der Waals surface area contributed by atoms with Crippen molar-refractivity contribution in [1.82, 2.24) is 0 Å². The van der Waals surface area contributed by atoms with Gasteiger partial charge >= 0.3 is 26.2 Å². The van der Waals surface area contributed by atoms with Crippen LogP contribution in [0.5, 0.6) is 0 Å². The molecule has 0 radical (unpaired) electrons. The first-order chi connectivity index (χ1) is 14.7. The Labute approximate surface area is 214 Å². The van der Waals surface area contributed by atoms with Gasteiger partial charge in [0, 0.05) is 0 Å². The fourth-order valence-corrected chi connectivity index (χ4v) is 2.35. The van der Waals surface area contributed by atoms with Crippen molar-refractivity contribution in [2.24, 2.45) is 0 Å². The summed E-state index contributed by atoms with van der Waals surface area (Å²) in [4.78, 5) is 0. The summed E-state index contributed by atoms with van der Waals surface area (Å²) in [5, 5.41) is 15.3. The third kappa shape index (κ3) is 27.6. The van der Waals surface area contributed by atoms with Crippen LogP contribution >= 0.6 is 0 Å². The Morgan fingerprint density at radius 3 is 1.23 bits per heavy atom. The molecule has 4 heteroatoms. The maximum atomic E-state index is 4.21. The van der Waals surface area contributed by atoms with Crippen LogP contribution < -0.4 is 0 Å². The minimum atomic E-state index is 0. The number of fused-ring (bicyclic) bond motifs is 1. The van der Waals surface area contributed by atoms with Crippen LogP contribution in [0.3, 0.4) is 0 Å². The van der Waals surface area contributed by atoms with Crippen LogP contribution in [-0.4, -0.2) is 39.3 Å². The van der Waals surface area contributed by atoms with Gasteiger partial charge < -0.3 is 16.0 Å². The second-order valence-electron chi connectivity index (χ2n) is 7.17. The van der Waals surface area contributed by atoms with Gasteiger partial charge in [0.2, 0.25) is 0 Å². The van der Waals surface area contributed by atoms with Crippen LogP contribution in [0.1, 0.15) is 80.1 Å². The Bertz CT molecular complexity index is 462. The quantitative estimate of drug-likeness (QED) is 0.203. The minimum Gasteiger partial charge on any atom is -0.662 e. The summed E-state index contributed by atoms with van der Waals surface area (Å²) in [7, 11) is 0. The van der Waals surface area contributed by atoms with Gasteiger partial charge in [-0.15, -0.1) is 68.9 Å². The molecule has 0 heterocycles. The van der Waals surface area contributed by atoms with Gasteiger partial charge in [0.15, 0.2) is 0 Å². The molecule has 0 amide bonds. The van der Waals surface area contributed by atoms with Crippen molar-refractivity contribution < 1.29 is 26.2 Å². The molecule has 2 aromatic rings. The van der Waals surface area contributed by atoms with Gasteiger partial charge in [0.05, 0.1) is 0 Å². The number of nitrogens with zero attached hydrogens (tertiary/aromatic N) is 3. The monoisotopic (exact) mass is 505 g/mol. The zero-order valence-electron chi connectivity index (χ0n) is 21.4. The third-order valence-corrected chi connectivity index (χ3v) is 3.84. The molecule has 0 N–H and O–H groups in total. The van der Waals surface area contributed by atoms with E-state index in [-0.39, 0.29) is 26.2 Å². The van der Waals surface area contributed by atoms with Crippen LogP contribution in [0.4, 0.5) is 0 Å². The average Bonchev–Trinajstić information content (AvgIpc) is 3.25. The molecular weight excluding hydrogens is 458 g/mol. The molecule has 0 aliphatic heterocycles. The van der Waals surface area contributed by atoms with Crippen molar-refractivity contribution in [1.29, 1.82) is 0 Å². The van der Waals surface area contributed by atoms with Crippen LogP contribution in [0, 0.1) is 0 Å². The molecule has 0 atom stereocenters. The summed E-state index contributed by atoms with van der Waals surface area (Å²) in [5.74, 6) is 0. The zero-order valence-corrected chi connectivity index (χ0v) is 23.8. The summed E-state index contributed by atoms with van der Waals surface area (Å²) in [5.41, 5.74) is 0. The number of hydrogen-bond donors (Lipinski definition) is 0. The molecule has 0 aromatic heterocycles. The number of hydrogen-bond acceptors (Lipinski definition) is 0. The van der Waals surface area contributed by atoms with Crippen LogP contribution in [0.2, 0.25) is 0 Å². The van der Waals surface area contributed by atoms with E-state index in [4.69, 9.17) is 0 Å². The first kappa shape index (κ1) is 35.2. The van der Waals surface area contributed by atoms with Crippen LogP contribution in [0.15, 0.2) is 42.5 Å². The average molecular weight is 507 g/mol. The van der Waals surface area contributed by atoms with Crippen molar-refractivity contribution in [3.05, 3.63) is 58.4 Å². The molecule has 0 fully saturated rings. The van der Waals surface area contributed by atoms with Gasteiger partial charge in [-0.05, 0) is 0 Å². The molecule has 0 saturated carbocycles. The second-order valence-corrected chi connectivity index (χ2v) is 7.17. The van der Waals surface area contributed by atoms with E-state index in [0.29, 0.717) is 0 Å². The predicted octanol–water partition coefficient (Wildman–Crippen LogP) is 9.10. The molecule has 31 heavy (non-hydrogen) atoms. The largest absolute Gasteiger partial charge is 4.00 e. The SMILES string of the molecule is CCC[N-]CCC.CCC[N-]CCC.CCC[N-]CCC.[Zr+4].c1ccc2[cH-]ccc2c1. The smallest absolute Gasteiger partial charge is 0.662 e. The van der Waals surface area contributed by atoms with Crippen LogP contribution in [-0.2, 0) is 26.2 Å².